The van der Waals surface area contributed by atoms with Gasteiger partial charge in [0.15, 0.2) is 5.13 Å². The number of carbonyl (C=O) groups excluding carboxylic acids is 3. The fraction of sp³-hybridized carbons (Fsp3) is 0.200. The van der Waals surface area contributed by atoms with Crippen molar-refractivity contribution in [2.75, 3.05) is 19.1 Å². The molecule has 2 heterocycles. The zero-order chi connectivity index (χ0) is 25.4. The summed E-state index contributed by atoms with van der Waals surface area (Å²) in [7, 11) is 2.74. The lowest BCUT2D eigenvalue weighted by Gasteiger charge is -2.23. The fourth-order valence-electron chi connectivity index (χ4n) is 3.94. The SMILES string of the molecule is COC(=O)c1sc(N2C(=O)C(=O)/C(=C(/O)c3ccc(OC)c(C)c3)[C@H]2c2ccc(F)cc2)nc1C. The summed E-state index contributed by atoms with van der Waals surface area (Å²) in [6.45, 7) is 3.36. The predicted octanol–water partition coefficient (Wildman–Crippen LogP) is 4.32. The van der Waals surface area contributed by atoms with Gasteiger partial charge in [0, 0.05) is 5.56 Å². The number of carbonyl (C=O) groups is 3. The molecule has 180 valence electrons. The molecule has 0 bridgehead atoms. The van der Waals surface area contributed by atoms with Gasteiger partial charge in [0.1, 0.15) is 22.2 Å². The maximum Gasteiger partial charge on any atom is 0.350 e. The van der Waals surface area contributed by atoms with Crippen LogP contribution in [0.1, 0.15) is 38.1 Å². The average molecular weight is 497 g/mol. The van der Waals surface area contributed by atoms with Crippen molar-refractivity contribution in [3.63, 3.8) is 0 Å². The molecule has 0 saturated carbocycles. The molecule has 3 aromatic rings. The van der Waals surface area contributed by atoms with Crippen molar-refractivity contribution in [1.29, 1.82) is 0 Å². The second-order valence-electron chi connectivity index (χ2n) is 7.81. The molecule has 1 aliphatic heterocycles. The number of aliphatic hydroxyl groups excluding tert-OH is 1. The zero-order valence-corrected chi connectivity index (χ0v) is 20.1. The Morgan fingerprint density at radius 3 is 2.40 bits per heavy atom. The van der Waals surface area contributed by atoms with E-state index in [2.05, 4.69) is 4.98 Å². The third-order valence-electron chi connectivity index (χ3n) is 5.66. The molecule has 35 heavy (non-hydrogen) atoms. The van der Waals surface area contributed by atoms with Crippen molar-refractivity contribution < 1.29 is 33.4 Å². The summed E-state index contributed by atoms with van der Waals surface area (Å²) >= 11 is 0.886. The van der Waals surface area contributed by atoms with Crippen LogP contribution in [0.5, 0.6) is 5.75 Å². The topological polar surface area (TPSA) is 106 Å². The van der Waals surface area contributed by atoms with E-state index < -0.39 is 35.3 Å². The lowest BCUT2D eigenvalue weighted by Crippen LogP contribution is -2.29. The lowest BCUT2D eigenvalue weighted by atomic mass is 9.95. The van der Waals surface area contributed by atoms with E-state index in [-0.39, 0.29) is 15.6 Å². The molecule has 4 rings (SSSR count). The Labute approximate surface area is 204 Å². The summed E-state index contributed by atoms with van der Waals surface area (Å²) in [5.41, 5.74) is 1.53. The van der Waals surface area contributed by atoms with E-state index in [1.165, 1.54) is 38.5 Å². The standard InChI is InChI=1S/C25H21FN2O6S/c1-12-11-15(7-10-17(12)33-3)20(29)18-19(14-5-8-16(26)9-6-14)28(23(31)21(18)30)25-27-13(2)22(35-25)24(32)34-4/h5-11,19,29H,1-4H3/b20-18+/t19-/m1/s1. The summed E-state index contributed by atoms with van der Waals surface area (Å²) in [6, 6.07) is 8.97. The highest BCUT2D eigenvalue weighted by atomic mass is 32.1. The van der Waals surface area contributed by atoms with Gasteiger partial charge in [-0.1, -0.05) is 23.5 Å². The molecule has 1 aliphatic rings. The van der Waals surface area contributed by atoms with E-state index >= 15 is 0 Å². The van der Waals surface area contributed by atoms with E-state index in [9.17, 15) is 23.9 Å². The Morgan fingerprint density at radius 2 is 1.80 bits per heavy atom. The Balaban J connectivity index is 1.93. The average Bonchev–Trinajstić information content (AvgIpc) is 3.35. The maximum absolute atomic E-state index is 13.7. The van der Waals surface area contributed by atoms with Crippen LogP contribution in [0, 0.1) is 19.7 Å². The molecule has 1 amide bonds. The molecule has 10 heteroatoms. The van der Waals surface area contributed by atoms with E-state index in [0.29, 0.717) is 28.1 Å². The number of methoxy groups -OCH3 is 2. The normalized spacial score (nSPS) is 17.1. The zero-order valence-electron chi connectivity index (χ0n) is 19.3. The van der Waals surface area contributed by atoms with Crippen LogP contribution in [0.4, 0.5) is 9.52 Å². The maximum atomic E-state index is 13.7. The number of rotatable bonds is 5. The van der Waals surface area contributed by atoms with Crippen LogP contribution in [-0.2, 0) is 14.3 Å². The van der Waals surface area contributed by atoms with E-state index in [1.54, 1.807) is 32.0 Å². The number of aliphatic hydroxyl groups is 1. The van der Waals surface area contributed by atoms with E-state index in [4.69, 9.17) is 9.47 Å². The van der Waals surface area contributed by atoms with Gasteiger partial charge in [-0.05, 0) is 55.3 Å². The first-order valence-electron chi connectivity index (χ1n) is 10.4. The second kappa shape index (κ2) is 9.30. The third-order valence-corrected chi connectivity index (χ3v) is 6.80. The molecule has 0 spiro atoms. The van der Waals surface area contributed by atoms with Crippen molar-refractivity contribution in [3.8, 4) is 5.75 Å². The summed E-state index contributed by atoms with van der Waals surface area (Å²) < 4.78 is 23.7. The lowest BCUT2D eigenvalue weighted by molar-refractivity contribution is -0.132. The number of ether oxygens (including phenoxy) is 2. The number of halogens is 1. The van der Waals surface area contributed by atoms with Crippen LogP contribution in [0.3, 0.4) is 0 Å². The molecule has 8 nitrogen and oxygen atoms in total. The number of aryl methyl sites for hydroxylation is 2. The number of ketones is 1. The minimum atomic E-state index is -1.10. The molecule has 2 aromatic carbocycles. The number of esters is 1. The first-order chi connectivity index (χ1) is 16.7. The Bertz CT molecular complexity index is 1380. The smallest absolute Gasteiger partial charge is 0.350 e. The van der Waals surface area contributed by atoms with Gasteiger partial charge in [-0.2, -0.15) is 0 Å². The second-order valence-corrected chi connectivity index (χ2v) is 8.79. The van der Waals surface area contributed by atoms with Crippen LogP contribution in [-0.4, -0.2) is 42.0 Å². The summed E-state index contributed by atoms with van der Waals surface area (Å²) in [5.74, 6) is -2.81. The molecular weight excluding hydrogens is 475 g/mol. The van der Waals surface area contributed by atoms with Gasteiger partial charge in [0.2, 0.25) is 0 Å². The number of Topliss-reactive ketones (excluding diaryl/α,β-unsaturated/α-hetero) is 1. The molecule has 1 N–H and O–H groups in total. The van der Waals surface area contributed by atoms with E-state index in [0.717, 1.165) is 16.2 Å². The molecule has 0 unspecified atom stereocenters. The van der Waals surface area contributed by atoms with Crippen molar-refractivity contribution >= 4 is 39.9 Å². The predicted molar refractivity (Wildman–Crippen MR) is 127 cm³/mol. The first-order valence-corrected chi connectivity index (χ1v) is 11.3. The number of hydrogen-bond donors (Lipinski definition) is 1. The van der Waals surface area contributed by atoms with E-state index in [1.807, 2.05) is 0 Å². The number of benzene rings is 2. The van der Waals surface area contributed by atoms with Gasteiger partial charge in [-0.3, -0.25) is 14.5 Å². The van der Waals surface area contributed by atoms with Crippen LogP contribution in [0.25, 0.3) is 5.76 Å². The third kappa shape index (κ3) is 4.17. The van der Waals surface area contributed by atoms with Crippen molar-refractivity contribution in [3.05, 3.63) is 81.1 Å². The van der Waals surface area contributed by atoms with Gasteiger partial charge in [-0.25, -0.2) is 14.2 Å². The van der Waals surface area contributed by atoms with Gasteiger partial charge in [0.25, 0.3) is 5.78 Å². The summed E-state index contributed by atoms with van der Waals surface area (Å²) in [4.78, 5) is 44.2. The minimum absolute atomic E-state index is 0.0734. The van der Waals surface area contributed by atoms with Crippen molar-refractivity contribution in [2.24, 2.45) is 0 Å². The molecule has 1 atom stereocenters. The van der Waals surface area contributed by atoms with Gasteiger partial charge >= 0.3 is 11.9 Å². The number of thiazole rings is 1. The Kier molecular flexibility index (Phi) is 6.40. The Hall–Kier alpha value is -4.05. The summed E-state index contributed by atoms with van der Waals surface area (Å²) in [5, 5.41) is 11.3. The Morgan fingerprint density at radius 1 is 1.11 bits per heavy atom. The largest absolute Gasteiger partial charge is 0.507 e. The van der Waals surface area contributed by atoms with Crippen LogP contribution >= 0.6 is 11.3 Å². The van der Waals surface area contributed by atoms with Gasteiger partial charge in [0.05, 0.1) is 31.5 Å². The highest BCUT2D eigenvalue weighted by Crippen LogP contribution is 2.44. The molecule has 1 aromatic heterocycles. The van der Waals surface area contributed by atoms with Gasteiger partial charge < -0.3 is 14.6 Å². The van der Waals surface area contributed by atoms with Crippen LogP contribution in [0.2, 0.25) is 0 Å². The molecule has 1 fully saturated rings. The quantitative estimate of drug-likeness (QED) is 0.243. The monoisotopic (exact) mass is 496 g/mol. The van der Waals surface area contributed by atoms with Crippen LogP contribution in [0.15, 0.2) is 48.0 Å². The van der Waals surface area contributed by atoms with Crippen molar-refractivity contribution in [2.45, 2.75) is 19.9 Å². The minimum Gasteiger partial charge on any atom is -0.507 e. The molecular formula is C25H21FN2O6S. The number of aromatic nitrogens is 1. The first kappa shape index (κ1) is 24.1. The highest BCUT2D eigenvalue weighted by molar-refractivity contribution is 7.17. The summed E-state index contributed by atoms with van der Waals surface area (Å²) in [6.07, 6.45) is 0. The number of amides is 1. The number of nitrogens with zero attached hydrogens (tertiary/aromatic N) is 2. The molecule has 0 radical (unpaired) electrons. The molecule has 0 aliphatic carbocycles. The number of anilines is 1. The van der Waals surface area contributed by atoms with Gasteiger partial charge in [-0.15, -0.1) is 0 Å². The van der Waals surface area contributed by atoms with Crippen molar-refractivity contribution in [1.82, 2.24) is 4.98 Å². The van der Waals surface area contributed by atoms with Crippen LogP contribution < -0.4 is 9.64 Å². The number of hydrogen-bond acceptors (Lipinski definition) is 8. The molecule has 1 saturated heterocycles. The fourth-order valence-corrected chi connectivity index (χ4v) is 4.95. The highest BCUT2D eigenvalue weighted by Gasteiger charge is 2.48.